The summed E-state index contributed by atoms with van der Waals surface area (Å²) in [5.74, 6) is 1.27. The topological polar surface area (TPSA) is 32.6 Å². The quantitative estimate of drug-likeness (QED) is 0.420. The van der Waals surface area contributed by atoms with E-state index in [1.54, 1.807) is 0 Å². The molecule has 15 heavy (non-hydrogen) atoms. The van der Waals surface area contributed by atoms with E-state index in [2.05, 4.69) is 32.9 Å². The zero-order valence-electron chi connectivity index (χ0n) is 10.4. The van der Waals surface area contributed by atoms with Crippen LogP contribution in [0.2, 0.25) is 0 Å². The molecule has 86 valence electrons. The summed E-state index contributed by atoms with van der Waals surface area (Å²) in [7, 11) is 0. The van der Waals surface area contributed by atoms with E-state index < -0.39 is 0 Å². The zero-order chi connectivity index (χ0) is 11.3. The van der Waals surface area contributed by atoms with E-state index in [4.69, 9.17) is 5.21 Å². The highest BCUT2D eigenvalue weighted by Crippen LogP contribution is 2.67. The first-order valence-electron chi connectivity index (χ1n) is 6.17. The molecule has 2 heteroatoms. The van der Waals surface area contributed by atoms with Crippen LogP contribution in [0.25, 0.3) is 0 Å². The summed E-state index contributed by atoms with van der Waals surface area (Å²) in [6, 6.07) is 0. The van der Waals surface area contributed by atoms with Gasteiger partial charge >= 0.3 is 0 Å². The van der Waals surface area contributed by atoms with E-state index in [1.165, 1.54) is 19.3 Å². The third-order valence-corrected chi connectivity index (χ3v) is 5.56. The molecule has 2 rings (SSSR count). The summed E-state index contributed by atoms with van der Waals surface area (Å²) >= 11 is 0. The smallest absolute Gasteiger partial charge is 0.0602 e. The minimum Gasteiger partial charge on any atom is -0.411 e. The summed E-state index contributed by atoms with van der Waals surface area (Å²) in [6.45, 7) is 9.30. The van der Waals surface area contributed by atoms with E-state index >= 15 is 0 Å². The van der Waals surface area contributed by atoms with Crippen LogP contribution >= 0.6 is 0 Å². The van der Waals surface area contributed by atoms with Gasteiger partial charge in [-0.1, -0.05) is 32.9 Å². The second-order valence-electron chi connectivity index (χ2n) is 6.18. The minimum atomic E-state index is 0.419. The maximum atomic E-state index is 9.06. The van der Waals surface area contributed by atoms with Gasteiger partial charge in [0.2, 0.25) is 0 Å². The first-order chi connectivity index (χ1) is 6.96. The van der Waals surface area contributed by atoms with Gasteiger partial charge in [-0.15, -0.1) is 0 Å². The molecule has 1 N–H and O–H groups in total. The molecule has 0 unspecified atom stereocenters. The molecule has 0 heterocycles. The van der Waals surface area contributed by atoms with Crippen molar-refractivity contribution >= 4 is 5.71 Å². The molecule has 2 nitrogen and oxygen atoms in total. The second-order valence-corrected chi connectivity index (χ2v) is 6.18. The fourth-order valence-corrected chi connectivity index (χ4v) is 4.06. The lowest BCUT2D eigenvalue weighted by Crippen LogP contribution is -2.27. The maximum Gasteiger partial charge on any atom is 0.0602 e. The number of oxime groups is 1. The summed E-state index contributed by atoms with van der Waals surface area (Å²) in [5.41, 5.74) is 1.91. The zero-order valence-corrected chi connectivity index (χ0v) is 10.4. The standard InChI is InChI=1S/C13H23NO/c1-5-11(14-15)9-8-13(4)7-6-10(9)12(13,2)3/h9-10,15H,5-8H2,1-4H3/b14-11-/t9-,10-,13+/m0/s1. The largest absolute Gasteiger partial charge is 0.411 e. The molecule has 2 saturated carbocycles. The van der Waals surface area contributed by atoms with Crippen LogP contribution in [0.15, 0.2) is 5.16 Å². The van der Waals surface area contributed by atoms with Crippen LogP contribution in [0.5, 0.6) is 0 Å². The highest BCUT2D eigenvalue weighted by atomic mass is 16.4. The van der Waals surface area contributed by atoms with Crippen LogP contribution in [0.1, 0.15) is 53.4 Å². The van der Waals surface area contributed by atoms with Gasteiger partial charge < -0.3 is 5.21 Å². The van der Waals surface area contributed by atoms with Crippen LogP contribution < -0.4 is 0 Å². The van der Waals surface area contributed by atoms with Gasteiger partial charge in [0.15, 0.2) is 0 Å². The molecule has 0 radical (unpaired) electrons. The van der Waals surface area contributed by atoms with Gasteiger partial charge in [0.25, 0.3) is 0 Å². The van der Waals surface area contributed by atoms with Crippen LogP contribution in [0, 0.1) is 22.7 Å². The average molecular weight is 209 g/mol. The van der Waals surface area contributed by atoms with Gasteiger partial charge in [0.1, 0.15) is 0 Å². The molecule has 0 aromatic rings. The summed E-state index contributed by atoms with van der Waals surface area (Å²) in [4.78, 5) is 0. The Kier molecular flexibility index (Phi) is 2.36. The minimum absolute atomic E-state index is 0.419. The van der Waals surface area contributed by atoms with E-state index in [0.29, 0.717) is 16.7 Å². The molecule has 2 aliphatic rings. The highest BCUT2D eigenvalue weighted by Gasteiger charge is 2.61. The monoisotopic (exact) mass is 209 g/mol. The molecule has 0 aromatic heterocycles. The first-order valence-corrected chi connectivity index (χ1v) is 6.17. The van der Waals surface area contributed by atoms with Crippen molar-refractivity contribution in [3.8, 4) is 0 Å². The molecule has 0 aliphatic heterocycles. The van der Waals surface area contributed by atoms with Gasteiger partial charge in [0, 0.05) is 5.92 Å². The van der Waals surface area contributed by atoms with Crippen LogP contribution in [0.4, 0.5) is 0 Å². The number of fused-ring (bicyclic) bond motifs is 2. The van der Waals surface area contributed by atoms with Crippen molar-refractivity contribution in [3.63, 3.8) is 0 Å². The van der Waals surface area contributed by atoms with Gasteiger partial charge in [-0.3, -0.25) is 0 Å². The van der Waals surface area contributed by atoms with Crippen molar-refractivity contribution in [3.05, 3.63) is 0 Å². The van der Waals surface area contributed by atoms with Crippen molar-refractivity contribution in [1.82, 2.24) is 0 Å². The molecule has 2 fully saturated rings. The van der Waals surface area contributed by atoms with E-state index in [-0.39, 0.29) is 0 Å². The molecule has 0 saturated heterocycles. The van der Waals surface area contributed by atoms with Crippen molar-refractivity contribution in [1.29, 1.82) is 0 Å². The SMILES string of the molecule is CC/C(=N/O)[C@H]1C[C@@]2(C)CC[C@@H]1C2(C)C. The summed E-state index contributed by atoms with van der Waals surface area (Å²) in [5, 5.41) is 12.6. The molecule has 0 amide bonds. The number of hydrogen-bond acceptors (Lipinski definition) is 2. The van der Waals surface area contributed by atoms with Crippen molar-refractivity contribution in [2.24, 2.45) is 27.8 Å². The molecular formula is C13H23NO. The van der Waals surface area contributed by atoms with E-state index in [1.807, 2.05) is 0 Å². The normalized spacial score (nSPS) is 43.6. The Morgan fingerprint density at radius 2 is 2.07 bits per heavy atom. The Balaban J connectivity index is 2.29. The Labute approximate surface area is 92.8 Å². The lowest BCUT2D eigenvalue weighted by Gasteiger charge is -2.34. The average Bonchev–Trinajstić information content (AvgIpc) is 2.50. The lowest BCUT2D eigenvalue weighted by molar-refractivity contribution is 0.152. The van der Waals surface area contributed by atoms with E-state index in [0.717, 1.165) is 18.1 Å². The maximum absolute atomic E-state index is 9.06. The predicted octanol–water partition coefficient (Wildman–Crippen LogP) is 3.69. The second kappa shape index (κ2) is 3.23. The first kappa shape index (κ1) is 11.0. The Hall–Kier alpha value is -0.530. The van der Waals surface area contributed by atoms with Crippen LogP contribution in [-0.2, 0) is 0 Å². The van der Waals surface area contributed by atoms with Crippen LogP contribution in [-0.4, -0.2) is 10.9 Å². The van der Waals surface area contributed by atoms with Crippen LogP contribution in [0.3, 0.4) is 0 Å². The third-order valence-electron chi connectivity index (χ3n) is 5.56. The number of rotatable bonds is 2. The van der Waals surface area contributed by atoms with Gasteiger partial charge in [-0.25, -0.2) is 0 Å². The Morgan fingerprint density at radius 3 is 2.40 bits per heavy atom. The summed E-state index contributed by atoms with van der Waals surface area (Å²) < 4.78 is 0. The molecule has 2 aliphatic carbocycles. The molecule has 2 bridgehead atoms. The van der Waals surface area contributed by atoms with Gasteiger partial charge in [-0.2, -0.15) is 0 Å². The van der Waals surface area contributed by atoms with E-state index in [9.17, 15) is 0 Å². The van der Waals surface area contributed by atoms with Crippen molar-refractivity contribution < 1.29 is 5.21 Å². The van der Waals surface area contributed by atoms with Crippen molar-refractivity contribution in [2.45, 2.75) is 53.4 Å². The Morgan fingerprint density at radius 1 is 1.40 bits per heavy atom. The number of nitrogens with zero attached hydrogens (tertiary/aromatic N) is 1. The number of hydrogen-bond donors (Lipinski definition) is 1. The van der Waals surface area contributed by atoms with Crippen molar-refractivity contribution in [2.75, 3.05) is 0 Å². The molecule has 3 atom stereocenters. The third kappa shape index (κ3) is 1.26. The molecule has 0 aromatic carbocycles. The Bertz CT molecular complexity index is 292. The fraction of sp³-hybridized carbons (Fsp3) is 0.923. The van der Waals surface area contributed by atoms with Gasteiger partial charge in [0.05, 0.1) is 5.71 Å². The lowest BCUT2D eigenvalue weighted by atomic mass is 9.71. The molecule has 0 spiro atoms. The van der Waals surface area contributed by atoms with Gasteiger partial charge in [-0.05, 0) is 42.4 Å². The summed E-state index contributed by atoms with van der Waals surface area (Å²) in [6.07, 6.45) is 4.78. The fourth-order valence-electron chi connectivity index (χ4n) is 4.06. The molecular weight excluding hydrogens is 186 g/mol. The highest BCUT2D eigenvalue weighted by molar-refractivity contribution is 5.87. The predicted molar refractivity (Wildman–Crippen MR) is 62.2 cm³/mol.